The molecule has 208 valence electrons. The molecule has 39 heavy (non-hydrogen) atoms. The number of Topliss-reactive ketones (excluding diaryl/α,β-unsaturated/α-hetero) is 1. The molecule has 1 aliphatic rings. The molecule has 0 N–H and O–H groups in total. The van der Waals surface area contributed by atoms with Gasteiger partial charge in [-0.25, -0.2) is 0 Å². The average Bonchev–Trinajstić information content (AvgIpc) is 2.98. The maximum absolute atomic E-state index is 13.8. The Labute approximate surface area is 244 Å². The Hall–Kier alpha value is -2.04. The van der Waals surface area contributed by atoms with Crippen molar-refractivity contribution in [1.29, 1.82) is 0 Å². The third kappa shape index (κ3) is 7.58. The Balaban J connectivity index is 1.65. The van der Waals surface area contributed by atoms with Crippen molar-refractivity contribution in [1.82, 2.24) is 0 Å². The van der Waals surface area contributed by atoms with Gasteiger partial charge in [-0.1, -0.05) is 107 Å². The standard InChI is InChI=1S/C31H35BrO6S/c1-2-37-31(26(33)18-32)27(22-34-19-23-12-6-3-7-13-23)38-30(39)28(35-20-24-14-8-4-9-15-24)29(31)36-21-25-16-10-5-11-17-25/h3-17,27-30,39H,2,18-22H2,1H3/t27-,28-,29-,30+,31+/m1/s1. The number of hydrogen-bond donors (Lipinski definition) is 1. The summed E-state index contributed by atoms with van der Waals surface area (Å²) in [5.41, 5.74) is 0.809. The summed E-state index contributed by atoms with van der Waals surface area (Å²) in [6, 6.07) is 29.5. The summed E-state index contributed by atoms with van der Waals surface area (Å²) in [6.45, 7) is 3.17. The van der Waals surface area contributed by atoms with Gasteiger partial charge in [0.25, 0.3) is 0 Å². The first kappa shape index (κ1) is 29.9. The lowest BCUT2D eigenvalue weighted by atomic mass is 9.80. The van der Waals surface area contributed by atoms with Gasteiger partial charge in [-0.3, -0.25) is 4.79 Å². The molecule has 0 aliphatic carbocycles. The van der Waals surface area contributed by atoms with Gasteiger partial charge >= 0.3 is 0 Å². The van der Waals surface area contributed by atoms with E-state index in [1.807, 2.05) is 97.9 Å². The summed E-state index contributed by atoms with van der Waals surface area (Å²) in [6.07, 6.45) is -2.28. The van der Waals surface area contributed by atoms with Crippen molar-refractivity contribution in [2.45, 2.75) is 56.1 Å². The number of rotatable bonds is 14. The van der Waals surface area contributed by atoms with Crippen LogP contribution in [-0.2, 0) is 48.3 Å². The van der Waals surface area contributed by atoms with Crippen LogP contribution in [0.5, 0.6) is 0 Å². The molecule has 1 aliphatic heterocycles. The van der Waals surface area contributed by atoms with Crippen LogP contribution in [0.25, 0.3) is 0 Å². The molecule has 0 amide bonds. The molecule has 0 aromatic heterocycles. The second-order valence-corrected chi connectivity index (χ2v) is 10.3. The van der Waals surface area contributed by atoms with Crippen LogP contribution in [0.15, 0.2) is 91.0 Å². The second-order valence-electron chi connectivity index (χ2n) is 9.28. The molecule has 3 aromatic rings. The van der Waals surface area contributed by atoms with Gasteiger partial charge in [0.2, 0.25) is 0 Å². The van der Waals surface area contributed by atoms with Gasteiger partial charge in [-0.2, -0.15) is 0 Å². The molecule has 4 rings (SSSR count). The zero-order valence-electron chi connectivity index (χ0n) is 22.0. The number of carbonyl (C=O) groups excluding carboxylic acids is 1. The molecular weight excluding hydrogens is 580 g/mol. The third-order valence-electron chi connectivity index (χ3n) is 6.66. The summed E-state index contributed by atoms with van der Waals surface area (Å²) >= 11 is 8.16. The Kier molecular flexibility index (Phi) is 11.6. The van der Waals surface area contributed by atoms with Gasteiger partial charge in [0, 0.05) is 6.61 Å². The van der Waals surface area contributed by atoms with Gasteiger partial charge < -0.3 is 23.7 Å². The topological polar surface area (TPSA) is 63.2 Å². The zero-order valence-corrected chi connectivity index (χ0v) is 24.5. The number of benzene rings is 3. The van der Waals surface area contributed by atoms with Gasteiger partial charge in [0.05, 0.1) is 31.8 Å². The van der Waals surface area contributed by atoms with E-state index in [9.17, 15) is 4.79 Å². The van der Waals surface area contributed by atoms with E-state index < -0.39 is 29.3 Å². The highest BCUT2D eigenvalue weighted by atomic mass is 79.9. The van der Waals surface area contributed by atoms with Crippen LogP contribution in [0.2, 0.25) is 0 Å². The molecule has 0 bridgehead atoms. The van der Waals surface area contributed by atoms with Gasteiger partial charge in [0.1, 0.15) is 23.7 Å². The third-order valence-corrected chi connectivity index (χ3v) is 7.59. The van der Waals surface area contributed by atoms with Crippen molar-refractivity contribution in [2.75, 3.05) is 18.5 Å². The van der Waals surface area contributed by atoms with E-state index in [0.717, 1.165) is 16.7 Å². The van der Waals surface area contributed by atoms with Gasteiger partial charge in [-0.15, -0.1) is 12.6 Å². The molecule has 0 radical (unpaired) electrons. The van der Waals surface area contributed by atoms with Crippen LogP contribution in [0.4, 0.5) is 0 Å². The lowest BCUT2D eigenvalue weighted by Crippen LogP contribution is -2.72. The summed E-state index contributed by atoms with van der Waals surface area (Å²) in [5.74, 6) is -0.204. The molecule has 1 fully saturated rings. The van der Waals surface area contributed by atoms with Crippen molar-refractivity contribution in [2.24, 2.45) is 0 Å². The summed E-state index contributed by atoms with van der Waals surface area (Å²) in [4.78, 5) is 13.8. The summed E-state index contributed by atoms with van der Waals surface area (Å²) in [7, 11) is 0. The van der Waals surface area contributed by atoms with E-state index in [1.54, 1.807) is 0 Å². The Morgan fingerprint density at radius 3 is 1.87 bits per heavy atom. The molecule has 0 spiro atoms. The van der Waals surface area contributed by atoms with E-state index in [-0.39, 0.29) is 30.9 Å². The molecule has 5 atom stereocenters. The zero-order chi connectivity index (χ0) is 27.5. The minimum Gasteiger partial charge on any atom is -0.374 e. The highest BCUT2D eigenvalue weighted by molar-refractivity contribution is 9.09. The Morgan fingerprint density at radius 2 is 1.36 bits per heavy atom. The number of hydrogen-bond acceptors (Lipinski definition) is 7. The molecule has 1 saturated heterocycles. The molecule has 0 unspecified atom stereocenters. The Bertz CT molecular complexity index is 1140. The minimum atomic E-state index is -1.48. The molecule has 0 saturated carbocycles. The van der Waals surface area contributed by atoms with Crippen molar-refractivity contribution >= 4 is 34.3 Å². The second kappa shape index (κ2) is 15.1. The van der Waals surface area contributed by atoms with E-state index in [1.165, 1.54) is 0 Å². The average molecular weight is 616 g/mol. The fourth-order valence-electron chi connectivity index (χ4n) is 4.80. The normalized spacial score (nSPS) is 24.9. The number of halogens is 1. The van der Waals surface area contributed by atoms with Crippen LogP contribution < -0.4 is 0 Å². The van der Waals surface area contributed by atoms with Crippen LogP contribution in [0.3, 0.4) is 0 Å². The number of ether oxygens (including phenoxy) is 5. The molecular formula is C31H35BrO6S. The predicted molar refractivity (Wildman–Crippen MR) is 157 cm³/mol. The summed E-state index contributed by atoms with van der Waals surface area (Å²) < 4.78 is 31.7. The maximum atomic E-state index is 13.8. The van der Waals surface area contributed by atoms with E-state index >= 15 is 0 Å². The lowest BCUT2D eigenvalue weighted by Gasteiger charge is -2.51. The van der Waals surface area contributed by atoms with E-state index in [4.69, 9.17) is 36.3 Å². The first-order chi connectivity index (χ1) is 19.1. The van der Waals surface area contributed by atoms with Gasteiger partial charge in [-0.05, 0) is 23.6 Å². The molecule has 1 heterocycles. The largest absolute Gasteiger partial charge is 0.374 e. The first-order valence-corrected chi connectivity index (χ1v) is 14.7. The molecule has 8 heteroatoms. The highest BCUT2D eigenvalue weighted by Gasteiger charge is 2.61. The van der Waals surface area contributed by atoms with Crippen molar-refractivity contribution in [3.05, 3.63) is 108 Å². The van der Waals surface area contributed by atoms with Crippen LogP contribution >= 0.6 is 28.6 Å². The van der Waals surface area contributed by atoms with E-state index in [2.05, 4.69) is 15.9 Å². The number of ketones is 1. The van der Waals surface area contributed by atoms with Crippen LogP contribution in [0.1, 0.15) is 23.6 Å². The lowest BCUT2D eigenvalue weighted by molar-refractivity contribution is -0.285. The number of thiol groups is 1. The number of alkyl halides is 1. The smallest absolute Gasteiger partial charge is 0.184 e. The number of carbonyl (C=O) groups is 1. The molecule has 6 nitrogen and oxygen atoms in total. The SMILES string of the molecule is CCO[C@]1(C(=O)CBr)[C@H](OCc2ccccc2)[C@@H](OCc2ccccc2)[C@H](S)O[C@@H]1COCc1ccccc1. The fraction of sp³-hybridized carbons (Fsp3) is 0.387. The van der Waals surface area contributed by atoms with Crippen molar-refractivity contribution in [3.8, 4) is 0 Å². The monoisotopic (exact) mass is 614 g/mol. The molecule has 3 aromatic carbocycles. The fourth-order valence-corrected chi connectivity index (χ4v) is 5.62. The van der Waals surface area contributed by atoms with Crippen molar-refractivity contribution < 1.29 is 28.5 Å². The van der Waals surface area contributed by atoms with Crippen LogP contribution in [0, 0.1) is 0 Å². The highest BCUT2D eigenvalue weighted by Crippen LogP contribution is 2.40. The Morgan fingerprint density at radius 1 is 0.846 bits per heavy atom. The summed E-state index contributed by atoms with van der Waals surface area (Å²) in [5, 5.41) is 0.0549. The quantitative estimate of drug-likeness (QED) is 0.184. The van der Waals surface area contributed by atoms with Crippen molar-refractivity contribution in [3.63, 3.8) is 0 Å². The van der Waals surface area contributed by atoms with Crippen LogP contribution in [-0.4, -0.2) is 53.7 Å². The first-order valence-electron chi connectivity index (χ1n) is 13.1. The minimum absolute atomic E-state index is 0.0549. The maximum Gasteiger partial charge on any atom is 0.184 e. The van der Waals surface area contributed by atoms with Gasteiger partial charge in [0.15, 0.2) is 11.4 Å². The van der Waals surface area contributed by atoms with E-state index in [0.29, 0.717) is 13.2 Å². The predicted octanol–water partition coefficient (Wildman–Crippen LogP) is 5.77.